The topological polar surface area (TPSA) is 41.1 Å². The van der Waals surface area contributed by atoms with Crippen LogP contribution in [0.15, 0.2) is 42.5 Å². The molecule has 0 fully saturated rings. The molecule has 0 radical (unpaired) electrons. The van der Waals surface area contributed by atoms with Crippen molar-refractivity contribution in [3.63, 3.8) is 0 Å². The highest BCUT2D eigenvalue weighted by atomic mass is 35.5. The number of halogens is 1. The van der Waals surface area contributed by atoms with Crippen molar-refractivity contribution in [2.45, 2.75) is 20.4 Å². The molecule has 4 heteroatoms. The van der Waals surface area contributed by atoms with Crippen LogP contribution >= 0.6 is 11.6 Å². The lowest BCUT2D eigenvalue weighted by molar-refractivity contribution is 0.0956. The summed E-state index contributed by atoms with van der Waals surface area (Å²) in [6.45, 7) is 5.24. The third-order valence-corrected chi connectivity index (χ3v) is 3.49. The molecule has 2 aromatic carbocycles. The van der Waals surface area contributed by atoms with E-state index in [0.29, 0.717) is 18.7 Å². The van der Waals surface area contributed by atoms with Crippen molar-refractivity contribution in [2.24, 2.45) is 0 Å². The molecule has 110 valence electrons. The van der Waals surface area contributed by atoms with Crippen LogP contribution in [0.2, 0.25) is 5.02 Å². The molecular weight excluding hydrogens is 284 g/mol. The van der Waals surface area contributed by atoms with Gasteiger partial charge in [-0.15, -0.1) is 0 Å². The highest BCUT2D eigenvalue weighted by Crippen LogP contribution is 2.18. The molecule has 0 heterocycles. The first-order valence-corrected chi connectivity index (χ1v) is 7.35. The van der Waals surface area contributed by atoms with Crippen LogP contribution in [0.5, 0.6) is 0 Å². The van der Waals surface area contributed by atoms with Gasteiger partial charge in [-0.3, -0.25) is 4.79 Å². The Morgan fingerprint density at radius 1 is 1.14 bits per heavy atom. The lowest BCUT2D eigenvalue weighted by Gasteiger charge is -2.12. The zero-order valence-corrected chi connectivity index (χ0v) is 13.0. The maximum Gasteiger partial charge on any atom is 0.251 e. The third kappa shape index (κ3) is 4.23. The summed E-state index contributed by atoms with van der Waals surface area (Å²) in [6, 6.07) is 13.4. The van der Waals surface area contributed by atoms with Gasteiger partial charge in [0.15, 0.2) is 0 Å². The summed E-state index contributed by atoms with van der Waals surface area (Å²) in [5, 5.41) is 6.90. The molecule has 0 aliphatic carbocycles. The van der Waals surface area contributed by atoms with Crippen LogP contribution in [0.1, 0.15) is 28.4 Å². The van der Waals surface area contributed by atoms with Crippen molar-refractivity contribution in [1.82, 2.24) is 5.32 Å². The highest BCUT2D eigenvalue weighted by Gasteiger charge is 2.07. The first-order valence-electron chi connectivity index (χ1n) is 6.97. The minimum atomic E-state index is -0.0490. The smallest absolute Gasteiger partial charge is 0.251 e. The average molecular weight is 303 g/mol. The molecular formula is C17H19ClN2O. The molecule has 3 nitrogen and oxygen atoms in total. The fraction of sp³-hybridized carbons (Fsp3) is 0.235. The molecule has 1 amide bonds. The fourth-order valence-corrected chi connectivity index (χ4v) is 2.14. The number of amides is 1. The number of carbonyl (C=O) groups is 1. The van der Waals surface area contributed by atoms with Crippen LogP contribution in [-0.2, 0) is 6.54 Å². The maximum absolute atomic E-state index is 11.9. The molecule has 2 N–H and O–H groups in total. The predicted octanol–water partition coefficient (Wildman–Crippen LogP) is 4.01. The Labute approximate surface area is 130 Å². The monoisotopic (exact) mass is 302 g/mol. The Hall–Kier alpha value is -2.00. The quantitative estimate of drug-likeness (QED) is 0.876. The summed E-state index contributed by atoms with van der Waals surface area (Å²) in [7, 11) is 0. The van der Waals surface area contributed by atoms with Gasteiger partial charge in [-0.05, 0) is 49.2 Å². The summed E-state index contributed by atoms with van der Waals surface area (Å²) in [5.41, 5.74) is 3.88. The van der Waals surface area contributed by atoms with Crippen molar-refractivity contribution < 1.29 is 4.79 Å². The zero-order valence-electron chi connectivity index (χ0n) is 12.2. The summed E-state index contributed by atoms with van der Waals surface area (Å²) in [6.07, 6.45) is 0. The van der Waals surface area contributed by atoms with Crippen LogP contribution in [0.3, 0.4) is 0 Å². The molecule has 0 aliphatic rings. The number of hydrogen-bond acceptors (Lipinski definition) is 2. The summed E-state index contributed by atoms with van der Waals surface area (Å²) >= 11 is 5.87. The van der Waals surface area contributed by atoms with Crippen LogP contribution in [0, 0.1) is 6.92 Å². The van der Waals surface area contributed by atoms with Crippen LogP contribution < -0.4 is 10.6 Å². The Kier molecular flexibility index (Phi) is 5.23. The third-order valence-electron chi connectivity index (χ3n) is 3.23. The normalized spacial score (nSPS) is 10.2. The van der Waals surface area contributed by atoms with Gasteiger partial charge >= 0.3 is 0 Å². The van der Waals surface area contributed by atoms with E-state index in [4.69, 9.17) is 11.6 Å². The first-order chi connectivity index (χ1) is 10.1. The minimum absolute atomic E-state index is 0.0490. The number of hydrogen-bond donors (Lipinski definition) is 2. The lowest BCUT2D eigenvalue weighted by atomic mass is 10.1. The summed E-state index contributed by atoms with van der Waals surface area (Å²) < 4.78 is 0. The van der Waals surface area contributed by atoms with Gasteiger partial charge in [0.25, 0.3) is 5.91 Å². The summed E-state index contributed by atoms with van der Waals surface area (Å²) in [5.74, 6) is -0.0490. The number of rotatable bonds is 5. The van der Waals surface area contributed by atoms with Gasteiger partial charge in [-0.25, -0.2) is 0 Å². The Morgan fingerprint density at radius 3 is 2.52 bits per heavy atom. The number of anilines is 1. The van der Waals surface area contributed by atoms with Crippen molar-refractivity contribution in [3.05, 3.63) is 64.2 Å². The average Bonchev–Trinajstić information content (AvgIpc) is 2.48. The Balaban J connectivity index is 2.10. The SMILES string of the molecule is CCNC(=O)c1ccc(C)c(NCc2ccc(Cl)cc2)c1. The van der Waals surface area contributed by atoms with E-state index < -0.39 is 0 Å². The van der Waals surface area contributed by atoms with Gasteiger partial charge in [0.05, 0.1) is 0 Å². The maximum atomic E-state index is 11.9. The van der Waals surface area contributed by atoms with Crippen LogP contribution in [0.4, 0.5) is 5.69 Å². The second-order valence-corrected chi connectivity index (χ2v) is 5.31. The zero-order chi connectivity index (χ0) is 15.2. The standard InChI is InChI=1S/C17H19ClN2O/c1-3-19-17(21)14-7-4-12(2)16(10-14)20-11-13-5-8-15(18)9-6-13/h4-10,20H,3,11H2,1-2H3,(H,19,21). The number of nitrogens with one attached hydrogen (secondary N) is 2. The van der Waals surface area contributed by atoms with Crippen LogP contribution in [0.25, 0.3) is 0 Å². The minimum Gasteiger partial charge on any atom is -0.381 e. The molecule has 0 saturated heterocycles. The number of carbonyl (C=O) groups excluding carboxylic acids is 1. The van der Waals surface area contributed by atoms with E-state index in [2.05, 4.69) is 10.6 Å². The van der Waals surface area contributed by atoms with Gasteiger partial charge in [-0.2, -0.15) is 0 Å². The van der Waals surface area contributed by atoms with Crippen molar-refractivity contribution in [1.29, 1.82) is 0 Å². The van der Waals surface area contributed by atoms with E-state index in [1.165, 1.54) is 0 Å². The molecule has 2 aromatic rings. The van der Waals surface area contributed by atoms with Gasteiger partial charge < -0.3 is 10.6 Å². The molecule has 0 saturated carbocycles. The van der Waals surface area contributed by atoms with Crippen LogP contribution in [-0.4, -0.2) is 12.5 Å². The van der Waals surface area contributed by atoms with Gasteiger partial charge in [0, 0.05) is 29.4 Å². The molecule has 0 aliphatic heterocycles. The largest absolute Gasteiger partial charge is 0.381 e. The molecule has 0 aromatic heterocycles. The first kappa shape index (κ1) is 15.4. The lowest BCUT2D eigenvalue weighted by Crippen LogP contribution is -2.22. The van der Waals surface area contributed by atoms with E-state index in [-0.39, 0.29) is 5.91 Å². The highest BCUT2D eigenvalue weighted by molar-refractivity contribution is 6.30. The number of aryl methyl sites for hydroxylation is 1. The van der Waals surface area contributed by atoms with E-state index >= 15 is 0 Å². The molecule has 0 atom stereocenters. The molecule has 2 rings (SSSR count). The van der Waals surface area contributed by atoms with Gasteiger partial charge in [0.1, 0.15) is 0 Å². The molecule has 0 spiro atoms. The van der Waals surface area contributed by atoms with Gasteiger partial charge in [-0.1, -0.05) is 29.8 Å². The van der Waals surface area contributed by atoms with Gasteiger partial charge in [0.2, 0.25) is 0 Å². The van der Waals surface area contributed by atoms with E-state index in [0.717, 1.165) is 21.8 Å². The van der Waals surface area contributed by atoms with Crippen molar-refractivity contribution in [2.75, 3.05) is 11.9 Å². The Bertz CT molecular complexity index is 623. The molecule has 21 heavy (non-hydrogen) atoms. The predicted molar refractivity (Wildman–Crippen MR) is 88.0 cm³/mol. The van der Waals surface area contributed by atoms with Crippen molar-refractivity contribution in [3.8, 4) is 0 Å². The molecule has 0 unspecified atom stereocenters. The summed E-state index contributed by atoms with van der Waals surface area (Å²) in [4.78, 5) is 11.9. The van der Waals surface area contributed by atoms with E-state index in [1.807, 2.05) is 56.3 Å². The second-order valence-electron chi connectivity index (χ2n) is 4.87. The fourth-order valence-electron chi connectivity index (χ4n) is 2.02. The van der Waals surface area contributed by atoms with E-state index in [9.17, 15) is 4.79 Å². The molecule has 0 bridgehead atoms. The van der Waals surface area contributed by atoms with Crippen molar-refractivity contribution >= 4 is 23.2 Å². The number of benzene rings is 2. The Morgan fingerprint density at radius 2 is 1.86 bits per heavy atom. The van der Waals surface area contributed by atoms with E-state index in [1.54, 1.807) is 0 Å². The second kappa shape index (κ2) is 7.14.